The second-order valence-electron chi connectivity index (χ2n) is 8.22. The zero-order chi connectivity index (χ0) is 21.1. The lowest BCUT2D eigenvalue weighted by Crippen LogP contribution is -2.30. The number of benzene rings is 3. The molecular formula is C26H27FN2O. The van der Waals surface area contributed by atoms with Crippen LogP contribution in [0, 0.1) is 5.82 Å². The van der Waals surface area contributed by atoms with E-state index >= 15 is 0 Å². The van der Waals surface area contributed by atoms with Gasteiger partial charge in [0.15, 0.2) is 0 Å². The van der Waals surface area contributed by atoms with Crippen molar-refractivity contribution in [3.05, 3.63) is 95.3 Å². The van der Waals surface area contributed by atoms with E-state index in [2.05, 4.69) is 43.3 Å². The second-order valence-corrected chi connectivity index (χ2v) is 8.22. The normalized spacial score (nSPS) is 16.3. The molecule has 3 aromatic carbocycles. The highest BCUT2D eigenvalue weighted by atomic mass is 19.1. The summed E-state index contributed by atoms with van der Waals surface area (Å²) in [6, 6.07) is 22.8. The minimum Gasteiger partial charge on any atom is -0.332 e. The fourth-order valence-electron chi connectivity index (χ4n) is 4.18. The molecule has 0 bridgehead atoms. The molecule has 154 valence electrons. The van der Waals surface area contributed by atoms with E-state index in [1.54, 1.807) is 12.1 Å². The molecule has 0 aromatic heterocycles. The molecule has 1 aliphatic heterocycles. The van der Waals surface area contributed by atoms with Crippen LogP contribution in [0.1, 0.15) is 40.4 Å². The molecule has 1 unspecified atom stereocenters. The molecule has 1 aliphatic rings. The molecule has 30 heavy (non-hydrogen) atoms. The number of hydrogen-bond acceptors (Lipinski definition) is 2. The van der Waals surface area contributed by atoms with Crippen LogP contribution in [0.5, 0.6) is 0 Å². The first-order valence-electron chi connectivity index (χ1n) is 10.4. The summed E-state index contributed by atoms with van der Waals surface area (Å²) in [5.74, 6) is -0.180. The second kappa shape index (κ2) is 8.80. The zero-order valence-electron chi connectivity index (χ0n) is 17.5. The van der Waals surface area contributed by atoms with E-state index in [1.165, 1.54) is 23.3 Å². The van der Waals surface area contributed by atoms with Gasteiger partial charge in [0, 0.05) is 18.7 Å². The molecule has 0 saturated carbocycles. The van der Waals surface area contributed by atoms with Crippen molar-refractivity contribution in [2.75, 3.05) is 20.6 Å². The number of halogens is 1. The topological polar surface area (TPSA) is 23.6 Å². The quantitative estimate of drug-likeness (QED) is 0.560. The van der Waals surface area contributed by atoms with Crippen LogP contribution in [0.25, 0.3) is 11.1 Å². The largest absolute Gasteiger partial charge is 0.332 e. The number of carbonyl (C=O) groups is 1. The predicted octanol–water partition coefficient (Wildman–Crippen LogP) is 5.53. The summed E-state index contributed by atoms with van der Waals surface area (Å²) in [6.07, 6.45) is 2.01. The molecule has 1 fully saturated rings. The van der Waals surface area contributed by atoms with Crippen molar-refractivity contribution < 1.29 is 9.18 Å². The lowest BCUT2D eigenvalue weighted by molar-refractivity contribution is 0.0735. The Morgan fingerprint density at radius 2 is 1.53 bits per heavy atom. The van der Waals surface area contributed by atoms with Gasteiger partial charge in [-0.25, -0.2) is 4.39 Å². The van der Waals surface area contributed by atoms with Gasteiger partial charge in [0.1, 0.15) is 5.82 Å². The van der Waals surface area contributed by atoms with Crippen LogP contribution in [0.2, 0.25) is 0 Å². The van der Waals surface area contributed by atoms with E-state index in [1.807, 2.05) is 29.2 Å². The summed E-state index contributed by atoms with van der Waals surface area (Å²) < 4.78 is 13.1. The van der Waals surface area contributed by atoms with Crippen molar-refractivity contribution >= 4 is 5.91 Å². The Labute approximate surface area is 177 Å². The number of carbonyl (C=O) groups excluding carboxylic acids is 1. The Balaban J connectivity index is 1.50. The van der Waals surface area contributed by atoms with Crippen molar-refractivity contribution in [2.24, 2.45) is 0 Å². The van der Waals surface area contributed by atoms with Crippen LogP contribution in [-0.2, 0) is 6.54 Å². The van der Waals surface area contributed by atoms with Crippen LogP contribution in [0.15, 0.2) is 72.8 Å². The average Bonchev–Trinajstić information content (AvgIpc) is 3.24. The van der Waals surface area contributed by atoms with Gasteiger partial charge in [0.25, 0.3) is 5.91 Å². The van der Waals surface area contributed by atoms with Gasteiger partial charge in [-0.15, -0.1) is 0 Å². The maximum absolute atomic E-state index is 13.2. The molecule has 4 heteroatoms. The summed E-state index contributed by atoms with van der Waals surface area (Å²) in [5, 5.41) is 0. The summed E-state index contributed by atoms with van der Waals surface area (Å²) in [7, 11) is 4.12. The van der Waals surface area contributed by atoms with Crippen molar-refractivity contribution in [3.8, 4) is 11.1 Å². The van der Waals surface area contributed by atoms with Gasteiger partial charge in [0.05, 0.1) is 6.04 Å². The fraction of sp³-hybridized carbons (Fsp3) is 0.269. The molecule has 1 atom stereocenters. The molecule has 0 aliphatic carbocycles. The Morgan fingerprint density at radius 1 is 0.933 bits per heavy atom. The van der Waals surface area contributed by atoms with Crippen molar-refractivity contribution in [3.63, 3.8) is 0 Å². The summed E-state index contributed by atoms with van der Waals surface area (Å²) >= 11 is 0. The lowest BCUT2D eigenvalue weighted by atomic mass is 10.0. The van der Waals surface area contributed by atoms with E-state index in [0.717, 1.165) is 37.1 Å². The van der Waals surface area contributed by atoms with Crippen LogP contribution in [0.4, 0.5) is 4.39 Å². The number of hydrogen-bond donors (Lipinski definition) is 0. The predicted molar refractivity (Wildman–Crippen MR) is 119 cm³/mol. The monoisotopic (exact) mass is 402 g/mol. The molecule has 3 nitrogen and oxygen atoms in total. The molecule has 1 heterocycles. The molecule has 1 amide bonds. The van der Waals surface area contributed by atoms with E-state index in [4.69, 9.17) is 0 Å². The van der Waals surface area contributed by atoms with Crippen LogP contribution < -0.4 is 0 Å². The minimum absolute atomic E-state index is 0.0699. The van der Waals surface area contributed by atoms with Crippen LogP contribution >= 0.6 is 0 Å². The molecule has 0 radical (unpaired) electrons. The summed E-state index contributed by atoms with van der Waals surface area (Å²) in [5.41, 5.74) is 5.08. The average molecular weight is 403 g/mol. The van der Waals surface area contributed by atoms with Crippen molar-refractivity contribution in [2.45, 2.75) is 25.4 Å². The third-order valence-electron chi connectivity index (χ3n) is 5.69. The molecule has 4 rings (SSSR count). The Kier molecular flexibility index (Phi) is 5.96. The van der Waals surface area contributed by atoms with Gasteiger partial charge in [-0.2, -0.15) is 0 Å². The van der Waals surface area contributed by atoms with E-state index < -0.39 is 0 Å². The van der Waals surface area contributed by atoms with Crippen LogP contribution in [-0.4, -0.2) is 36.3 Å². The first-order chi connectivity index (χ1) is 14.5. The maximum Gasteiger partial charge on any atom is 0.254 e. The smallest absolute Gasteiger partial charge is 0.254 e. The molecule has 3 aromatic rings. The number of rotatable bonds is 5. The third-order valence-corrected chi connectivity index (χ3v) is 5.69. The van der Waals surface area contributed by atoms with Gasteiger partial charge < -0.3 is 9.80 Å². The summed E-state index contributed by atoms with van der Waals surface area (Å²) in [6.45, 7) is 1.69. The Hall–Kier alpha value is -2.98. The van der Waals surface area contributed by atoms with Crippen molar-refractivity contribution in [1.29, 1.82) is 0 Å². The lowest BCUT2D eigenvalue weighted by Gasteiger charge is -2.25. The number of amides is 1. The van der Waals surface area contributed by atoms with Gasteiger partial charge in [-0.3, -0.25) is 4.79 Å². The van der Waals surface area contributed by atoms with Gasteiger partial charge >= 0.3 is 0 Å². The molecular weight excluding hydrogens is 375 g/mol. The van der Waals surface area contributed by atoms with Crippen molar-refractivity contribution in [1.82, 2.24) is 9.80 Å². The highest BCUT2D eigenvalue weighted by Gasteiger charge is 2.30. The highest BCUT2D eigenvalue weighted by molar-refractivity contribution is 5.95. The number of nitrogens with zero attached hydrogens (tertiary/aromatic N) is 2. The standard InChI is InChI=1S/C26H27FN2O/c1-28(2)18-19-5-7-22(8-6-19)25-4-3-17-29(25)26(30)23-11-9-20(10-12-23)21-13-15-24(27)16-14-21/h5-16,25H,3-4,17-18H2,1-2H3. The Bertz CT molecular complexity index is 995. The van der Waals surface area contributed by atoms with E-state index in [-0.39, 0.29) is 17.8 Å². The fourth-order valence-corrected chi connectivity index (χ4v) is 4.18. The molecule has 0 spiro atoms. The van der Waals surface area contributed by atoms with Gasteiger partial charge in [0.2, 0.25) is 0 Å². The Morgan fingerprint density at radius 3 is 2.13 bits per heavy atom. The van der Waals surface area contributed by atoms with Gasteiger partial charge in [-0.05, 0) is 73.5 Å². The summed E-state index contributed by atoms with van der Waals surface area (Å²) in [4.78, 5) is 17.3. The first kappa shape index (κ1) is 20.3. The van der Waals surface area contributed by atoms with Gasteiger partial charge in [-0.1, -0.05) is 48.5 Å². The van der Waals surface area contributed by atoms with Crippen LogP contribution in [0.3, 0.4) is 0 Å². The zero-order valence-corrected chi connectivity index (χ0v) is 17.5. The number of likely N-dealkylation sites (tertiary alicyclic amines) is 1. The molecule has 0 N–H and O–H groups in total. The minimum atomic E-state index is -0.250. The third kappa shape index (κ3) is 4.44. The SMILES string of the molecule is CN(C)Cc1ccc(C2CCCN2C(=O)c2ccc(-c3ccc(F)cc3)cc2)cc1. The van der Waals surface area contributed by atoms with E-state index in [0.29, 0.717) is 5.56 Å². The highest BCUT2D eigenvalue weighted by Crippen LogP contribution is 2.33. The molecule has 1 saturated heterocycles. The van der Waals surface area contributed by atoms with E-state index in [9.17, 15) is 9.18 Å². The first-order valence-corrected chi connectivity index (χ1v) is 10.4. The maximum atomic E-state index is 13.2.